The molecule has 1 aliphatic heterocycles. The monoisotopic (exact) mass is 313 g/mol. The van der Waals surface area contributed by atoms with Crippen molar-refractivity contribution in [2.75, 3.05) is 13.2 Å². The van der Waals surface area contributed by atoms with Gasteiger partial charge in [0.2, 0.25) is 5.91 Å². The van der Waals surface area contributed by atoms with Gasteiger partial charge in [0.15, 0.2) is 6.61 Å². The van der Waals surface area contributed by atoms with E-state index in [1.807, 2.05) is 0 Å². The SMILES string of the molecule is NC(=O)[C@H]1CCCCN1C(=O)COC(=O)c1cc(Cl)c[nH]1. The summed E-state index contributed by atoms with van der Waals surface area (Å²) in [6.07, 6.45) is 3.63. The van der Waals surface area contributed by atoms with E-state index in [4.69, 9.17) is 22.1 Å². The number of primary amides is 1. The number of nitrogens with zero attached hydrogens (tertiary/aromatic N) is 1. The standard InChI is InChI=1S/C13H16ClN3O4/c14-8-5-9(16-6-8)13(20)21-7-11(18)17-4-2-1-3-10(17)12(15)19/h5-6,10,16H,1-4,7H2,(H2,15,19)/t10-/m1/s1. The normalized spacial score (nSPS) is 18.3. The molecule has 3 N–H and O–H groups in total. The number of piperidine rings is 1. The molecule has 2 rings (SSSR count). The summed E-state index contributed by atoms with van der Waals surface area (Å²) in [5, 5.41) is 0.373. The lowest BCUT2D eigenvalue weighted by molar-refractivity contribution is -0.143. The van der Waals surface area contributed by atoms with Gasteiger partial charge in [0.05, 0.1) is 5.02 Å². The molecule has 0 spiro atoms. The Kier molecular flexibility index (Phi) is 4.85. The predicted octanol–water partition coefficient (Wildman–Crippen LogP) is 0.691. The van der Waals surface area contributed by atoms with Crippen molar-refractivity contribution in [3.8, 4) is 0 Å². The molecule has 0 aromatic carbocycles. The number of rotatable bonds is 4. The molecular weight excluding hydrogens is 298 g/mol. The quantitative estimate of drug-likeness (QED) is 0.798. The molecule has 7 nitrogen and oxygen atoms in total. The van der Waals surface area contributed by atoms with Crippen molar-refractivity contribution in [3.05, 3.63) is 23.0 Å². The average molecular weight is 314 g/mol. The summed E-state index contributed by atoms with van der Waals surface area (Å²) in [6, 6.07) is 0.784. The first-order chi connectivity index (χ1) is 9.99. The van der Waals surface area contributed by atoms with E-state index in [1.54, 1.807) is 0 Å². The van der Waals surface area contributed by atoms with Crippen LogP contribution in [0.15, 0.2) is 12.3 Å². The zero-order chi connectivity index (χ0) is 15.4. The van der Waals surface area contributed by atoms with Gasteiger partial charge in [-0.15, -0.1) is 0 Å². The van der Waals surface area contributed by atoms with Crippen LogP contribution >= 0.6 is 11.6 Å². The van der Waals surface area contributed by atoms with Gasteiger partial charge in [0, 0.05) is 12.7 Å². The average Bonchev–Trinajstić information content (AvgIpc) is 2.91. The topological polar surface area (TPSA) is 105 Å². The number of nitrogens with two attached hydrogens (primary N) is 1. The van der Waals surface area contributed by atoms with Gasteiger partial charge in [-0.1, -0.05) is 11.6 Å². The predicted molar refractivity (Wildman–Crippen MR) is 74.6 cm³/mol. The molecule has 2 heterocycles. The number of hydrogen-bond acceptors (Lipinski definition) is 4. The summed E-state index contributed by atoms with van der Waals surface area (Å²) < 4.78 is 4.91. The molecule has 1 aromatic rings. The molecule has 21 heavy (non-hydrogen) atoms. The van der Waals surface area contributed by atoms with Gasteiger partial charge in [-0.3, -0.25) is 9.59 Å². The van der Waals surface area contributed by atoms with E-state index in [0.29, 0.717) is 18.0 Å². The van der Waals surface area contributed by atoms with Crippen molar-refractivity contribution < 1.29 is 19.1 Å². The number of esters is 1. The van der Waals surface area contributed by atoms with Crippen molar-refractivity contribution in [3.63, 3.8) is 0 Å². The number of H-pyrrole nitrogens is 1. The molecule has 0 unspecified atom stereocenters. The smallest absolute Gasteiger partial charge is 0.355 e. The lowest BCUT2D eigenvalue weighted by Gasteiger charge is -2.33. The Morgan fingerprint density at radius 2 is 2.19 bits per heavy atom. The number of hydrogen-bond donors (Lipinski definition) is 2. The minimum atomic E-state index is -0.678. The van der Waals surface area contributed by atoms with E-state index in [1.165, 1.54) is 17.2 Å². The van der Waals surface area contributed by atoms with Crippen molar-refractivity contribution >= 4 is 29.4 Å². The molecule has 0 aliphatic carbocycles. The zero-order valence-electron chi connectivity index (χ0n) is 11.3. The summed E-state index contributed by atoms with van der Waals surface area (Å²) in [4.78, 5) is 39.1. The van der Waals surface area contributed by atoms with Crippen LogP contribution in [0.3, 0.4) is 0 Å². The molecule has 1 saturated heterocycles. The van der Waals surface area contributed by atoms with E-state index in [0.717, 1.165) is 12.8 Å². The Hall–Kier alpha value is -2.02. The highest BCUT2D eigenvalue weighted by molar-refractivity contribution is 6.30. The maximum atomic E-state index is 12.1. The van der Waals surface area contributed by atoms with Crippen LogP contribution in [0.5, 0.6) is 0 Å². The van der Waals surface area contributed by atoms with Crippen LogP contribution in [0.1, 0.15) is 29.8 Å². The van der Waals surface area contributed by atoms with Crippen LogP contribution in [0.4, 0.5) is 0 Å². The van der Waals surface area contributed by atoms with E-state index >= 15 is 0 Å². The summed E-state index contributed by atoms with van der Waals surface area (Å²) in [7, 11) is 0. The number of aromatic amines is 1. The summed E-state index contributed by atoms with van der Waals surface area (Å²) in [5.41, 5.74) is 5.45. The van der Waals surface area contributed by atoms with E-state index < -0.39 is 30.4 Å². The van der Waals surface area contributed by atoms with Gasteiger partial charge in [-0.25, -0.2) is 4.79 Å². The highest BCUT2D eigenvalue weighted by Crippen LogP contribution is 2.17. The van der Waals surface area contributed by atoms with Gasteiger partial charge in [-0.2, -0.15) is 0 Å². The second-order valence-corrected chi connectivity index (χ2v) is 5.25. The zero-order valence-corrected chi connectivity index (χ0v) is 12.1. The first-order valence-corrected chi connectivity index (χ1v) is 6.96. The fourth-order valence-electron chi connectivity index (χ4n) is 2.30. The maximum Gasteiger partial charge on any atom is 0.355 e. The Morgan fingerprint density at radius 3 is 2.81 bits per heavy atom. The van der Waals surface area contributed by atoms with Crippen molar-refractivity contribution in [2.24, 2.45) is 5.73 Å². The fourth-order valence-corrected chi connectivity index (χ4v) is 2.46. The molecule has 1 fully saturated rings. The van der Waals surface area contributed by atoms with Gasteiger partial charge in [0.1, 0.15) is 11.7 Å². The summed E-state index contributed by atoms with van der Waals surface area (Å²) in [5.74, 6) is -1.64. The number of halogens is 1. The molecule has 8 heteroatoms. The molecule has 0 radical (unpaired) electrons. The first kappa shape index (κ1) is 15.4. The third-order valence-corrected chi connectivity index (χ3v) is 3.56. The van der Waals surface area contributed by atoms with E-state index in [9.17, 15) is 14.4 Å². The Balaban J connectivity index is 1.91. The highest BCUT2D eigenvalue weighted by Gasteiger charge is 2.31. The first-order valence-electron chi connectivity index (χ1n) is 6.59. The highest BCUT2D eigenvalue weighted by atomic mass is 35.5. The molecular formula is C13H16ClN3O4. The Morgan fingerprint density at radius 1 is 1.43 bits per heavy atom. The van der Waals surface area contributed by atoms with Crippen molar-refractivity contribution in [1.82, 2.24) is 9.88 Å². The molecule has 2 amide bonds. The molecule has 0 bridgehead atoms. The van der Waals surface area contributed by atoms with Crippen LogP contribution in [-0.4, -0.2) is 46.9 Å². The molecule has 1 aromatic heterocycles. The number of amides is 2. The summed E-state index contributed by atoms with van der Waals surface area (Å²) in [6.45, 7) is 0.0115. The lowest BCUT2D eigenvalue weighted by atomic mass is 10.0. The largest absolute Gasteiger partial charge is 0.451 e. The summed E-state index contributed by atoms with van der Waals surface area (Å²) >= 11 is 5.68. The maximum absolute atomic E-state index is 12.1. The number of aromatic nitrogens is 1. The second kappa shape index (κ2) is 6.62. The van der Waals surface area contributed by atoms with Gasteiger partial charge >= 0.3 is 5.97 Å². The number of ether oxygens (including phenoxy) is 1. The number of likely N-dealkylation sites (tertiary alicyclic amines) is 1. The van der Waals surface area contributed by atoms with E-state index in [-0.39, 0.29) is 5.69 Å². The molecule has 114 valence electrons. The lowest BCUT2D eigenvalue weighted by Crippen LogP contribution is -2.51. The molecule has 1 atom stereocenters. The van der Waals surface area contributed by atoms with Gasteiger partial charge in [-0.05, 0) is 25.3 Å². The van der Waals surface area contributed by atoms with Crippen molar-refractivity contribution in [1.29, 1.82) is 0 Å². The van der Waals surface area contributed by atoms with Crippen molar-refractivity contribution in [2.45, 2.75) is 25.3 Å². The minimum absolute atomic E-state index is 0.165. The van der Waals surface area contributed by atoms with Crippen LogP contribution in [0.2, 0.25) is 5.02 Å². The van der Waals surface area contributed by atoms with Gasteiger partial charge in [0.25, 0.3) is 5.91 Å². The van der Waals surface area contributed by atoms with E-state index in [2.05, 4.69) is 4.98 Å². The second-order valence-electron chi connectivity index (χ2n) is 4.81. The molecule has 1 aliphatic rings. The minimum Gasteiger partial charge on any atom is -0.451 e. The van der Waals surface area contributed by atoms with Crippen LogP contribution < -0.4 is 5.73 Å². The Labute approximate surface area is 126 Å². The number of carbonyl (C=O) groups is 3. The van der Waals surface area contributed by atoms with Gasteiger partial charge < -0.3 is 20.4 Å². The van der Waals surface area contributed by atoms with Crippen LogP contribution in [-0.2, 0) is 14.3 Å². The third-order valence-electron chi connectivity index (χ3n) is 3.35. The van der Waals surface area contributed by atoms with Crippen LogP contribution in [0.25, 0.3) is 0 Å². The number of nitrogens with one attached hydrogen (secondary N) is 1. The van der Waals surface area contributed by atoms with Crippen LogP contribution in [0, 0.1) is 0 Å². The fraction of sp³-hybridized carbons (Fsp3) is 0.462. The molecule has 0 saturated carbocycles. The third kappa shape index (κ3) is 3.75. The number of carbonyl (C=O) groups excluding carboxylic acids is 3. The Bertz CT molecular complexity index is 557.